The van der Waals surface area contributed by atoms with Gasteiger partial charge in [0.05, 0.1) is 0 Å². The second-order valence-electron chi connectivity index (χ2n) is 6.36. The summed E-state index contributed by atoms with van der Waals surface area (Å²) in [6, 6.07) is 0. The minimum atomic E-state index is -2.62. The van der Waals surface area contributed by atoms with Crippen LogP contribution >= 0.6 is 8.60 Å². The van der Waals surface area contributed by atoms with E-state index in [-0.39, 0.29) is 67.9 Å². The SMILES string of the molecule is CCCCCCCCCCCCCCCCCC(=O)O.OP(O)O.[Ca+2].[H-].[H-].[PbH2]. The molecule has 0 heterocycles. The molecule has 0 saturated carbocycles. The standard InChI is InChI=1S/C18H36O2.Ca.H3O3P.Pb.4H/c1-2-3-4-5-6-7-8-9-10-11-12-13-14-15-16-17-18(19)20;;1-4(2)3;;;;;/h2-17H2,1H3,(H,19,20);;1-3H;;;;;/q;+2;;;;;2*-1. The third-order valence-corrected chi connectivity index (χ3v) is 3.99. The van der Waals surface area contributed by atoms with Crippen molar-refractivity contribution in [2.45, 2.75) is 110 Å². The van der Waals surface area contributed by atoms with Crippen LogP contribution in [0.2, 0.25) is 0 Å². The van der Waals surface area contributed by atoms with Crippen molar-refractivity contribution in [3.8, 4) is 0 Å². The van der Waals surface area contributed by atoms with Crippen LogP contribution in [0.25, 0.3) is 0 Å². The maximum atomic E-state index is 10.3. The predicted octanol–water partition coefficient (Wildman–Crippen LogP) is 4.45. The van der Waals surface area contributed by atoms with Crippen LogP contribution in [-0.4, -0.2) is 90.8 Å². The fourth-order valence-electron chi connectivity index (χ4n) is 2.65. The summed E-state index contributed by atoms with van der Waals surface area (Å²) < 4.78 is 0. The van der Waals surface area contributed by atoms with Crippen molar-refractivity contribution in [3.63, 3.8) is 0 Å². The molecule has 0 bridgehead atoms. The van der Waals surface area contributed by atoms with E-state index >= 15 is 0 Å². The van der Waals surface area contributed by atoms with Crippen molar-refractivity contribution in [1.29, 1.82) is 0 Å². The third-order valence-electron chi connectivity index (χ3n) is 3.99. The van der Waals surface area contributed by atoms with Gasteiger partial charge in [-0.2, -0.15) is 0 Å². The molecule has 26 heavy (non-hydrogen) atoms. The molecule has 0 aliphatic rings. The molecule has 0 atom stereocenters. The normalized spacial score (nSPS) is 9.73. The summed E-state index contributed by atoms with van der Waals surface area (Å²) in [5.74, 6) is -0.653. The summed E-state index contributed by atoms with van der Waals surface area (Å²) in [5, 5.41) is 8.52. The molecule has 4 N–H and O–H groups in total. The second kappa shape index (κ2) is 31.7. The first-order chi connectivity index (χ1) is 11.5. The molecule has 0 aliphatic carbocycles. The van der Waals surface area contributed by atoms with Gasteiger partial charge in [0.25, 0.3) is 0 Å². The Balaban J connectivity index is -0.000000137. The Morgan fingerprint density at radius 1 is 0.692 bits per heavy atom. The Morgan fingerprint density at radius 3 is 1.15 bits per heavy atom. The molecule has 0 spiro atoms. The quantitative estimate of drug-likeness (QED) is 0.117. The molecule has 0 aliphatic heterocycles. The molecule has 2 radical (unpaired) electrons. The van der Waals surface area contributed by atoms with Gasteiger partial charge in [0, 0.05) is 6.42 Å². The average molecular weight is 618 g/mol. The Bertz CT molecular complexity index is 269. The van der Waals surface area contributed by atoms with Crippen LogP contribution in [0.5, 0.6) is 0 Å². The molecular formula is C18H43CaO5PPb. The summed E-state index contributed by atoms with van der Waals surface area (Å²) >= 11 is 0. The molecule has 0 rings (SSSR count). The number of carboxylic acid groups (broad SMARTS) is 1. The van der Waals surface area contributed by atoms with Crippen molar-refractivity contribution in [2.24, 2.45) is 0 Å². The zero-order valence-electron chi connectivity index (χ0n) is 18.9. The van der Waals surface area contributed by atoms with Gasteiger partial charge in [0.15, 0.2) is 0 Å². The van der Waals surface area contributed by atoms with Crippen molar-refractivity contribution in [3.05, 3.63) is 0 Å². The van der Waals surface area contributed by atoms with Crippen LogP contribution < -0.4 is 0 Å². The molecule has 0 saturated heterocycles. The molecule has 0 aromatic carbocycles. The van der Waals surface area contributed by atoms with E-state index in [0.29, 0.717) is 6.42 Å². The number of aliphatic carboxylic acids is 1. The molecule has 5 nitrogen and oxygen atoms in total. The third kappa shape index (κ3) is 45.0. The molecule has 156 valence electrons. The molecule has 0 unspecified atom stereocenters. The summed E-state index contributed by atoms with van der Waals surface area (Å²) in [6.45, 7) is 2.27. The zero-order valence-corrected chi connectivity index (χ0v) is 25.5. The van der Waals surface area contributed by atoms with Crippen LogP contribution in [0.4, 0.5) is 0 Å². The summed E-state index contributed by atoms with van der Waals surface area (Å²) in [4.78, 5) is 32.0. The van der Waals surface area contributed by atoms with Gasteiger partial charge < -0.3 is 22.6 Å². The van der Waals surface area contributed by atoms with Crippen molar-refractivity contribution in [1.82, 2.24) is 0 Å². The molecule has 8 heteroatoms. The number of carbonyl (C=O) groups is 1. The Labute approximate surface area is 214 Å². The van der Waals surface area contributed by atoms with E-state index in [1.165, 1.54) is 83.5 Å². The van der Waals surface area contributed by atoms with Crippen LogP contribution in [0.15, 0.2) is 0 Å². The molecule has 0 fully saturated rings. The summed E-state index contributed by atoms with van der Waals surface area (Å²) in [6.07, 6.45) is 20.2. The van der Waals surface area contributed by atoms with Gasteiger partial charge in [-0.1, -0.05) is 96.8 Å². The minimum absolute atomic E-state index is 0. The van der Waals surface area contributed by atoms with Crippen LogP contribution in [0.1, 0.15) is 113 Å². The van der Waals surface area contributed by atoms with Crippen LogP contribution in [-0.2, 0) is 4.79 Å². The van der Waals surface area contributed by atoms with E-state index in [0.717, 1.165) is 12.8 Å². The van der Waals surface area contributed by atoms with Crippen molar-refractivity contribution in [2.75, 3.05) is 0 Å². The van der Waals surface area contributed by atoms with Gasteiger partial charge in [0.2, 0.25) is 0 Å². The molecular weight excluding hydrogens is 574 g/mol. The second-order valence-corrected chi connectivity index (χ2v) is 6.90. The molecule has 0 aromatic rings. The van der Waals surface area contributed by atoms with Crippen LogP contribution in [0, 0.1) is 0 Å². The van der Waals surface area contributed by atoms with Gasteiger partial charge in [0.1, 0.15) is 0 Å². The van der Waals surface area contributed by atoms with E-state index in [9.17, 15) is 4.79 Å². The first-order valence-electron chi connectivity index (χ1n) is 9.59. The predicted molar refractivity (Wildman–Crippen MR) is 117 cm³/mol. The topological polar surface area (TPSA) is 98.0 Å². The molecule has 0 aromatic heterocycles. The van der Waals surface area contributed by atoms with Gasteiger partial charge in [-0.3, -0.25) is 4.79 Å². The number of hydrogen-bond acceptors (Lipinski definition) is 4. The zero-order chi connectivity index (χ0) is 18.5. The van der Waals surface area contributed by atoms with E-state index in [2.05, 4.69) is 6.92 Å². The van der Waals surface area contributed by atoms with E-state index in [4.69, 9.17) is 19.8 Å². The Hall–Kier alpha value is 1.96. The van der Waals surface area contributed by atoms with Gasteiger partial charge in [-0.15, -0.1) is 0 Å². The number of carboxylic acids is 1. The summed E-state index contributed by atoms with van der Waals surface area (Å²) in [7, 11) is -2.62. The Kier molecular flexibility index (Phi) is 43.1. The first kappa shape index (κ1) is 35.4. The fraction of sp³-hybridized carbons (Fsp3) is 0.944. The van der Waals surface area contributed by atoms with Gasteiger partial charge in [-0.25, -0.2) is 0 Å². The monoisotopic (exact) mass is 618 g/mol. The average Bonchev–Trinajstić information content (AvgIpc) is 2.50. The fourth-order valence-corrected chi connectivity index (χ4v) is 2.65. The van der Waals surface area contributed by atoms with Gasteiger partial charge in [-0.05, 0) is 6.42 Å². The first-order valence-corrected chi connectivity index (χ1v) is 10.8. The number of rotatable bonds is 16. The number of hydrogen-bond donors (Lipinski definition) is 4. The van der Waals surface area contributed by atoms with E-state index < -0.39 is 14.6 Å². The van der Waals surface area contributed by atoms with Crippen molar-refractivity contribution < 1.29 is 27.4 Å². The van der Waals surface area contributed by atoms with E-state index in [1.54, 1.807) is 0 Å². The van der Waals surface area contributed by atoms with Crippen molar-refractivity contribution >= 4 is 79.6 Å². The molecule has 0 amide bonds. The maximum absolute atomic E-state index is 10.3. The van der Waals surface area contributed by atoms with E-state index in [1.807, 2.05) is 0 Å². The Morgan fingerprint density at radius 2 is 0.923 bits per heavy atom. The van der Waals surface area contributed by atoms with Gasteiger partial charge >= 0.3 is 79.6 Å². The van der Waals surface area contributed by atoms with Crippen LogP contribution in [0.3, 0.4) is 0 Å². The number of unbranched alkanes of at least 4 members (excludes halogenated alkanes) is 14. The summed E-state index contributed by atoms with van der Waals surface area (Å²) in [5.41, 5.74) is 0.